The maximum Gasteiger partial charge on any atom is 0.237 e. The number of fused-ring (bicyclic) bond motifs is 1. The SMILES string of the molecule is CC(=O)c1cc(C)cc2c1N(C(=O)CSc1ncccn1)C(C)(C)C[C@H]2C. The van der Waals surface area contributed by atoms with Gasteiger partial charge in [0.15, 0.2) is 10.9 Å². The van der Waals surface area contributed by atoms with Gasteiger partial charge in [0.1, 0.15) is 0 Å². The fourth-order valence-corrected chi connectivity index (χ4v) is 4.62. The predicted molar refractivity (Wildman–Crippen MR) is 109 cm³/mol. The second kappa shape index (κ2) is 7.43. The zero-order valence-corrected chi connectivity index (χ0v) is 17.3. The van der Waals surface area contributed by atoms with Crippen molar-refractivity contribution >= 4 is 29.1 Å². The fourth-order valence-electron chi connectivity index (χ4n) is 3.97. The molecule has 1 aliphatic rings. The van der Waals surface area contributed by atoms with Crippen molar-refractivity contribution in [3.05, 3.63) is 47.3 Å². The van der Waals surface area contributed by atoms with E-state index in [0.29, 0.717) is 10.7 Å². The van der Waals surface area contributed by atoms with Crippen molar-refractivity contribution < 1.29 is 9.59 Å². The summed E-state index contributed by atoms with van der Waals surface area (Å²) in [7, 11) is 0. The number of rotatable bonds is 4. The van der Waals surface area contributed by atoms with Crippen LogP contribution in [0, 0.1) is 6.92 Å². The number of anilines is 1. The lowest BCUT2D eigenvalue weighted by Gasteiger charge is -2.47. The molecule has 0 spiro atoms. The maximum atomic E-state index is 13.3. The summed E-state index contributed by atoms with van der Waals surface area (Å²) < 4.78 is 0. The highest BCUT2D eigenvalue weighted by Crippen LogP contribution is 2.46. The second-order valence-corrected chi connectivity index (χ2v) is 8.72. The minimum Gasteiger partial charge on any atom is -0.305 e. The Balaban J connectivity index is 2.02. The van der Waals surface area contributed by atoms with Gasteiger partial charge in [0.05, 0.1) is 11.4 Å². The van der Waals surface area contributed by atoms with Crippen LogP contribution in [0.1, 0.15) is 61.5 Å². The topological polar surface area (TPSA) is 63.2 Å². The first-order valence-electron chi connectivity index (χ1n) is 9.09. The van der Waals surface area contributed by atoms with Crippen molar-refractivity contribution in [2.75, 3.05) is 10.7 Å². The van der Waals surface area contributed by atoms with Crippen molar-refractivity contribution in [2.24, 2.45) is 0 Å². The van der Waals surface area contributed by atoms with Gasteiger partial charge in [-0.3, -0.25) is 9.59 Å². The van der Waals surface area contributed by atoms with Gasteiger partial charge in [0.25, 0.3) is 0 Å². The van der Waals surface area contributed by atoms with Crippen LogP contribution >= 0.6 is 11.8 Å². The average Bonchev–Trinajstić information content (AvgIpc) is 2.60. The van der Waals surface area contributed by atoms with Crippen molar-refractivity contribution in [1.82, 2.24) is 9.97 Å². The Labute approximate surface area is 164 Å². The molecule has 142 valence electrons. The molecule has 3 rings (SSSR count). The number of benzene rings is 1. The van der Waals surface area contributed by atoms with E-state index in [4.69, 9.17) is 0 Å². The van der Waals surface area contributed by atoms with Crippen molar-refractivity contribution in [3.8, 4) is 0 Å². The van der Waals surface area contributed by atoms with E-state index in [1.807, 2.05) is 17.9 Å². The second-order valence-electron chi connectivity index (χ2n) is 7.77. The standard InChI is InChI=1S/C21H25N3O2S/c1-13-9-16-14(2)11-21(4,5)24(19(16)17(10-13)15(3)25)18(26)12-27-20-22-7-6-8-23-20/h6-10,14H,11-12H2,1-5H3/t14-/m1/s1. The third kappa shape index (κ3) is 3.90. The molecule has 0 N–H and O–H groups in total. The zero-order valence-electron chi connectivity index (χ0n) is 16.4. The molecule has 0 saturated heterocycles. The number of amides is 1. The van der Waals surface area contributed by atoms with Crippen LogP contribution in [0.25, 0.3) is 0 Å². The first-order valence-corrected chi connectivity index (χ1v) is 10.1. The molecule has 1 aromatic carbocycles. The fraction of sp³-hybridized carbons (Fsp3) is 0.429. The number of carbonyl (C=O) groups excluding carboxylic acids is 2. The molecular formula is C21H25N3O2S. The normalized spacial score (nSPS) is 18.1. The van der Waals surface area contributed by atoms with Gasteiger partial charge >= 0.3 is 0 Å². The van der Waals surface area contributed by atoms with E-state index in [1.165, 1.54) is 11.8 Å². The van der Waals surface area contributed by atoms with Crippen molar-refractivity contribution in [2.45, 2.75) is 57.7 Å². The third-order valence-electron chi connectivity index (χ3n) is 4.94. The summed E-state index contributed by atoms with van der Waals surface area (Å²) in [4.78, 5) is 35.8. The van der Waals surface area contributed by atoms with Crippen LogP contribution in [0.3, 0.4) is 0 Å². The molecule has 1 amide bonds. The van der Waals surface area contributed by atoms with Gasteiger partial charge in [0, 0.05) is 23.5 Å². The van der Waals surface area contributed by atoms with Gasteiger partial charge in [0.2, 0.25) is 5.91 Å². The van der Waals surface area contributed by atoms with Gasteiger partial charge in [-0.25, -0.2) is 9.97 Å². The smallest absolute Gasteiger partial charge is 0.237 e. The summed E-state index contributed by atoms with van der Waals surface area (Å²) in [5.41, 5.74) is 3.15. The largest absolute Gasteiger partial charge is 0.305 e. The number of nitrogens with zero attached hydrogens (tertiary/aromatic N) is 3. The Kier molecular flexibility index (Phi) is 5.38. The van der Waals surface area contributed by atoms with Crippen LogP contribution in [-0.2, 0) is 4.79 Å². The monoisotopic (exact) mass is 383 g/mol. The number of aromatic nitrogens is 2. The molecule has 1 aromatic heterocycles. The Bertz CT molecular complexity index is 880. The van der Waals surface area contributed by atoms with Gasteiger partial charge in [-0.1, -0.05) is 24.8 Å². The molecule has 27 heavy (non-hydrogen) atoms. The van der Waals surface area contributed by atoms with Crippen LogP contribution in [0.15, 0.2) is 35.7 Å². The molecule has 0 saturated carbocycles. The van der Waals surface area contributed by atoms with E-state index in [0.717, 1.165) is 23.2 Å². The summed E-state index contributed by atoms with van der Waals surface area (Å²) in [6, 6.07) is 5.75. The number of hydrogen-bond acceptors (Lipinski definition) is 5. The lowest BCUT2D eigenvalue weighted by atomic mass is 9.78. The van der Waals surface area contributed by atoms with Crippen LogP contribution in [-0.4, -0.2) is 33.0 Å². The molecule has 2 aromatic rings. The summed E-state index contributed by atoms with van der Waals surface area (Å²) >= 11 is 1.32. The third-order valence-corrected chi connectivity index (χ3v) is 5.81. The molecule has 0 fully saturated rings. The van der Waals surface area contributed by atoms with E-state index in [2.05, 4.69) is 36.8 Å². The molecule has 0 bridgehead atoms. The van der Waals surface area contributed by atoms with E-state index in [1.54, 1.807) is 25.4 Å². The Morgan fingerprint density at radius 2 is 1.93 bits per heavy atom. The number of aryl methyl sites for hydroxylation is 1. The van der Waals surface area contributed by atoms with E-state index in [9.17, 15) is 9.59 Å². The van der Waals surface area contributed by atoms with Crippen molar-refractivity contribution in [1.29, 1.82) is 0 Å². The molecule has 6 heteroatoms. The molecule has 0 radical (unpaired) electrons. The number of hydrogen-bond donors (Lipinski definition) is 0. The van der Waals surface area contributed by atoms with Crippen LogP contribution in [0.4, 0.5) is 5.69 Å². The summed E-state index contributed by atoms with van der Waals surface area (Å²) in [5, 5.41) is 0.574. The highest BCUT2D eigenvalue weighted by atomic mass is 32.2. The van der Waals surface area contributed by atoms with E-state index < -0.39 is 0 Å². The Morgan fingerprint density at radius 1 is 1.26 bits per heavy atom. The van der Waals surface area contributed by atoms with Crippen LogP contribution in [0.5, 0.6) is 0 Å². The minimum atomic E-state index is -0.374. The minimum absolute atomic E-state index is 0.0169. The zero-order chi connectivity index (χ0) is 19.8. The first-order chi connectivity index (χ1) is 12.7. The van der Waals surface area contributed by atoms with Gasteiger partial charge < -0.3 is 4.90 Å². The van der Waals surface area contributed by atoms with Gasteiger partial charge in [-0.05, 0) is 63.3 Å². The summed E-state index contributed by atoms with van der Waals surface area (Å²) in [6.07, 6.45) is 4.18. The molecule has 2 heterocycles. The lowest BCUT2D eigenvalue weighted by Crippen LogP contribution is -2.53. The van der Waals surface area contributed by atoms with Crippen LogP contribution in [0.2, 0.25) is 0 Å². The number of thioether (sulfide) groups is 1. The average molecular weight is 384 g/mol. The molecule has 1 aliphatic heterocycles. The summed E-state index contributed by atoms with van der Waals surface area (Å²) in [5.74, 6) is 0.461. The molecule has 5 nitrogen and oxygen atoms in total. The van der Waals surface area contributed by atoms with Crippen molar-refractivity contribution in [3.63, 3.8) is 0 Å². The number of Topliss-reactive ketones (excluding diaryl/α,β-unsaturated/α-hetero) is 1. The summed E-state index contributed by atoms with van der Waals surface area (Å²) in [6.45, 7) is 9.86. The number of ketones is 1. The predicted octanol–water partition coefficient (Wildman–Crippen LogP) is 4.40. The highest BCUT2D eigenvalue weighted by Gasteiger charge is 2.41. The van der Waals surface area contributed by atoms with E-state index in [-0.39, 0.29) is 28.9 Å². The van der Waals surface area contributed by atoms with Gasteiger partial charge in [-0.2, -0.15) is 0 Å². The van der Waals surface area contributed by atoms with Gasteiger partial charge in [-0.15, -0.1) is 0 Å². The lowest BCUT2D eigenvalue weighted by molar-refractivity contribution is -0.117. The molecule has 0 unspecified atom stereocenters. The molecule has 1 atom stereocenters. The molecular weight excluding hydrogens is 358 g/mol. The van der Waals surface area contributed by atoms with Crippen LogP contribution < -0.4 is 4.90 Å². The number of carbonyl (C=O) groups is 2. The Hall–Kier alpha value is -2.21. The quantitative estimate of drug-likeness (QED) is 0.445. The van der Waals surface area contributed by atoms with E-state index >= 15 is 0 Å². The Morgan fingerprint density at radius 3 is 2.56 bits per heavy atom. The first kappa shape index (κ1) is 19.5. The highest BCUT2D eigenvalue weighted by molar-refractivity contribution is 7.99. The molecule has 0 aliphatic carbocycles. The maximum absolute atomic E-state index is 13.3.